The number of rotatable bonds is 3. The average molecular weight is 229 g/mol. The lowest BCUT2D eigenvalue weighted by Crippen LogP contribution is -1.99. The van der Waals surface area contributed by atoms with Gasteiger partial charge in [0.05, 0.1) is 12.8 Å². The number of hydrogen-bond donors (Lipinski definition) is 2. The van der Waals surface area contributed by atoms with Crippen molar-refractivity contribution in [1.82, 2.24) is 4.98 Å². The molecule has 0 aliphatic carbocycles. The minimum atomic E-state index is 0.488. The summed E-state index contributed by atoms with van der Waals surface area (Å²) >= 11 is 0. The van der Waals surface area contributed by atoms with Crippen LogP contribution in [0.2, 0.25) is 0 Å². The predicted molar refractivity (Wildman–Crippen MR) is 69.7 cm³/mol. The molecule has 0 aliphatic rings. The first-order valence-corrected chi connectivity index (χ1v) is 5.33. The third-order valence-electron chi connectivity index (χ3n) is 2.39. The second kappa shape index (κ2) is 4.74. The lowest BCUT2D eigenvalue weighted by molar-refractivity contribution is 0.416. The summed E-state index contributed by atoms with van der Waals surface area (Å²) in [5.74, 6) is 1.97. The van der Waals surface area contributed by atoms with Crippen LogP contribution in [0.4, 0.5) is 17.3 Å². The van der Waals surface area contributed by atoms with E-state index in [1.807, 2.05) is 37.3 Å². The van der Waals surface area contributed by atoms with E-state index in [0.29, 0.717) is 11.6 Å². The molecule has 2 aromatic rings. The maximum Gasteiger partial charge on any atom is 0.142 e. The van der Waals surface area contributed by atoms with Crippen molar-refractivity contribution >= 4 is 17.3 Å². The summed E-state index contributed by atoms with van der Waals surface area (Å²) in [4.78, 5) is 4.18. The third-order valence-corrected chi connectivity index (χ3v) is 2.39. The van der Waals surface area contributed by atoms with Gasteiger partial charge in [0.2, 0.25) is 0 Å². The second-order valence-electron chi connectivity index (χ2n) is 3.78. The Morgan fingerprint density at radius 3 is 2.76 bits per heavy atom. The van der Waals surface area contributed by atoms with Crippen molar-refractivity contribution in [2.75, 3.05) is 18.2 Å². The normalized spacial score (nSPS) is 10.0. The van der Waals surface area contributed by atoms with Gasteiger partial charge in [0.15, 0.2) is 0 Å². The van der Waals surface area contributed by atoms with E-state index in [1.54, 1.807) is 13.2 Å². The Morgan fingerprint density at radius 1 is 1.24 bits per heavy atom. The van der Waals surface area contributed by atoms with Crippen LogP contribution in [0.1, 0.15) is 5.56 Å². The Hall–Kier alpha value is -2.23. The van der Waals surface area contributed by atoms with E-state index in [0.717, 1.165) is 17.0 Å². The largest absolute Gasteiger partial charge is 0.495 e. The van der Waals surface area contributed by atoms with Gasteiger partial charge >= 0.3 is 0 Å². The first-order chi connectivity index (χ1) is 8.19. The molecule has 0 amide bonds. The van der Waals surface area contributed by atoms with Crippen LogP contribution >= 0.6 is 0 Å². The molecular weight excluding hydrogens is 214 g/mol. The molecule has 0 atom stereocenters. The van der Waals surface area contributed by atoms with Crippen molar-refractivity contribution in [2.45, 2.75) is 6.92 Å². The maximum atomic E-state index is 5.63. The van der Waals surface area contributed by atoms with E-state index < -0.39 is 0 Å². The van der Waals surface area contributed by atoms with E-state index in [2.05, 4.69) is 10.3 Å². The molecule has 0 radical (unpaired) electrons. The summed E-state index contributed by atoms with van der Waals surface area (Å²) in [5, 5.41) is 3.19. The zero-order valence-corrected chi connectivity index (χ0v) is 9.90. The smallest absolute Gasteiger partial charge is 0.142 e. The summed E-state index contributed by atoms with van der Waals surface area (Å²) in [7, 11) is 1.64. The van der Waals surface area contributed by atoms with Crippen LogP contribution in [-0.4, -0.2) is 12.1 Å². The minimum absolute atomic E-state index is 0.488. The number of nitrogens with zero attached hydrogens (tertiary/aromatic N) is 1. The number of pyridine rings is 1. The summed E-state index contributed by atoms with van der Waals surface area (Å²) < 4.78 is 5.28. The maximum absolute atomic E-state index is 5.63. The molecule has 1 aromatic heterocycles. The quantitative estimate of drug-likeness (QED) is 0.849. The predicted octanol–water partition coefficient (Wildman–Crippen LogP) is 2.72. The Bertz CT molecular complexity index is 526. The number of nitrogens with one attached hydrogen (secondary N) is 1. The standard InChI is InChI=1S/C13H15N3O/c1-9-6-7-11(17-2)10(8-9)15-13-5-3-4-12(14)16-13/h3-8H,1-2H3,(H3,14,15,16). The van der Waals surface area contributed by atoms with Crippen molar-refractivity contribution in [1.29, 1.82) is 0 Å². The number of methoxy groups -OCH3 is 1. The first-order valence-electron chi connectivity index (χ1n) is 5.33. The third kappa shape index (κ3) is 2.66. The summed E-state index contributed by atoms with van der Waals surface area (Å²) in [6, 6.07) is 11.4. The van der Waals surface area contributed by atoms with E-state index in [9.17, 15) is 0 Å². The number of aryl methyl sites for hydroxylation is 1. The van der Waals surface area contributed by atoms with Gasteiger partial charge in [-0.25, -0.2) is 4.98 Å². The highest BCUT2D eigenvalue weighted by atomic mass is 16.5. The summed E-state index contributed by atoms with van der Waals surface area (Å²) in [5.41, 5.74) is 7.66. The molecule has 1 heterocycles. The molecule has 88 valence electrons. The van der Waals surface area contributed by atoms with Gasteiger partial charge in [-0.1, -0.05) is 12.1 Å². The van der Waals surface area contributed by atoms with Crippen molar-refractivity contribution < 1.29 is 4.74 Å². The number of hydrogen-bond acceptors (Lipinski definition) is 4. The molecule has 0 fully saturated rings. The molecule has 4 heteroatoms. The van der Waals surface area contributed by atoms with Gasteiger partial charge in [0.1, 0.15) is 17.4 Å². The van der Waals surface area contributed by atoms with Crippen LogP contribution in [0.3, 0.4) is 0 Å². The molecule has 0 spiro atoms. The SMILES string of the molecule is COc1ccc(C)cc1Nc1cccc(N)n1. The zero-order chi connectivity index (χ0) is 12.3. The highest BCUT2D eigenvalue weighted by Crippen LogP contribution is 2.27. The molecule has 0 saturated carbocycles. The van der Waals surface area contributed by atoms with Crippen LogP contribution in [-0.2, 0) is 0 Å². The number of nitrogen functional groups attached to an aromatic ring is 1. The first kappa shape index (κ1) is 11.3. The Kier molecular flexibility index (Phi) is 3.14. The Balaban J connectivity index is 2.32. The van der Waals surface area contributed by atoms with Gasteiger partial charge in [-0.05, 0) is 36.8 Å². The Labute approximate surface area is 100 Å². The number of nitrogens with two attached hydrogens (primary N) is 1. The van der Waals surface area contributed by atoms with Gasteiger partial charge in [0, 0.05) is 0 Å². The number of anilines is 3. The van der Waals surface area contributed by atoms with Crippen molar-refractivity contribution in [2.24, 2.45) is 0 Å². The van der Waals surface area contributed by atoms with Gasteiger partial charge in [-0.15, -0.1) is 0 Å². The number of ether oxygens (including phenoxy) is 1. The fourth-order valence-electron chi connectivity index (χ4n) is 1.58. The lowest BCUT2D eigenvalue weighted by atomic mass is 10.2. The molecule has 0 saturated heterocycles. The van der Waals surface area contributed by atoms with Crippen LogP contribution in [0.15, 0.2) is 36.4 Å². The van der Waals surface area contributed by atoms with Gasteiger partial charge in [-0.3, -0.25) is 0 Å². The fourth-order valence-corrected chi connectivity index (χ4v) is 1.58. The van der Waals surface area contributed by atoms with E-state index in [1.165, 1.54) is 0 Å². The van der Waals surface area contributed by atoms with Crippen LogP contribution < -0.4 is 15.8 Å². The molecule has 17 heavy (non-hydrogen) atoms. The average Bonchev–Trinajstić information content (AvgIpc) is 2.29. The number of aromatic nitrogens is 1. The van der Waals surface area contributed by atoms with E-state index in [-0.39, 0.29) is 0 Å². The molecule has 1 aromatic carbocycles. The van der Waals surface area contributed by atoms with Crippen molar-refractivity contribution in [3.05, 3.63) is 42.0 Å². The van der Waals surface area contributed by atoms with Gasteiger partial charge < -0.3 is 15.8 Å². The van der Waals surface area contributed by atoms with Crippen LogP contribution in [0, 0.1) is 6.92 Å². The molecular formula is C13H15N3O. The van der Waals surface area contributed by atoms with Crippen molar-refractivity contribution in [3.63, 3.8) is 0 Å². The molecule has 3 N–H and O–H groups in total. The summed E-state index contributed by atoms with van der Waals surface area (Å²) in [6.07, 6.45) is 0. The Morgan fingerprint density at radius 2 is 2.06 bits per heavy atom. The van der Waals surface area contributed by atoms with Crippen LogP contribution in [0.25, 0.3) is 0 Å². The fraction of sp³-hybridized carbons (Fsp3) is 0.154. The molecule has 0 bridgehead atoms. The van der Waals surface area contributed by atoms with E-state index >= 15 is 0 Å². The topological polar surface area (TPSA) is 60.2 Å². The van der Waals surface area contributed by atoms with Crippen LogP contribution in [0.5, 0.6) is 5.75 Å². The highest BCUT2D eigenvalue weighted by Gasteiger charge is 2.04. The molecule has 0 aliphatic heterocycles. The molecule has 0 unspecified atom stereocenters. The van der Waals surface area contributed by atoms with Gasteiger partial charge in [-0.2, -0.15) is 0 Å². The molecule has 4 nitrogen and oxygen atoms in total. The number of benzene rings is 1. The second-order valence-corrected chi connectivity index (χ2v) is 3.78. The molecule has 2 rings (SSSR count). The zero-order valence-electron chi connectivity index (χ0n) is 9.90. The minimum Gasteiger partial charge on any atom is -0.495 e. The lowest BCUT2D eigenvalue weighted by Gasteiger charge is -2.11. The van der Waals surface area contributed by atoms with Gasteiger partial charge in [0.25, 0.3) is 0 Å². The highest BCUT2D eigenvalue weighted by molar-refractivity contribution is 5.65. The van der Waals surface area contributed by atoms with Crippen molar-refractivity contribution in [3.8, 4) is 5.75 Å². The monoisotopic (exact) mass is 229 g/mol. The van der Waals surface area contributed by atoms with E-state index in [4.69, 9.17) is 10.5 Å². The summed E-state index contributed by atoms with van der Waals surface area (Å²) in [6.45, 7) is 2.03.